The molecule has 0 radical (unpaired) electrons. The molecule has 0 amide bonds. The van der Waals surface area contributed by atoms with Crippen molar-refractivity contribution in [2.75, 3.05) is 0 Å². The normalized spacial score (nSPS) is 33.2. The van der Waals surface area contributed by atoms with Crippen molar-refractivity contribution >= 4 is 66.1 Å². The highest BCUT2D eigenvalue weighted by atomic mass is 27.3. The lowest BCUT2D eigenvalue weighted by atomic mass is 10.0. The van der Waals surface area contributed by atoms with Crippen molar-refractivity contribution < 1.29 is 113 Å². The zero-order chi connectivity index (χ0) is 33.8. The first-order chi connectivity index (χ1) is 20.3. The van der Waals surface area contributed by atoms with Crippen LogP contribution in [0.4, 0.5) is 0 Å². The van der Waals surface area contributed by atoms with Gasteiger partial charge in [-0.15, -0.1) is 0 Å². The van der Waals surface area contributed by atoms with Crippen molar-refractivity contribution in [2.24, 2.45) is 0 Å². The minimum absolute atomic E-state index is 1.85. The van der Waals surface area contributed by atoms with Crippen LogP contribution in [0.1, 0.15) is 0 Å². The van der Waals surface area contributed by atoms with Crippen molar-refractivity contribution in [1.29, 1.82) is 0 Å². The van der Waals surface area contributed by atoms with E-state index >= 15 is 0 Å². The molecule has 0 saturated carbocycles. The Morgan fingerprint density at radius 2 is 0.705 bits per heavy atom. The first-order valence-electron chi connectivity index (χ1n) is 11.7. The van der Waals surface area contributed by atoms with E-state index < -0.39 is 139 Å². The van der Waals surface area contributed by atoms with E-state index in [0.29, 0.717) is 0 Å². The maximum atomic E-state index is 12.2. The third-order valence-corrected chi connectivity index (χ3v) is 8.26. The van der Waals surface area contributed by atoms with Gasteiger partial charge in [0.2, 0.25) is 0 Å². The molecular formula is C18H24Al2O24. The summed E-state index contributed by atoms with van der Waals surface area (Å²) < 4.78 is 26.3. The number of rotatable bonds is 7. The molecule has 0 spiro atoms. The Hall–Kier alpha value is -2.60. The molecule has 24 nitrogen and oxygen atoms in total. The summed E-state index contributed by atoms with van der Waals surface area (Å²) in [7, 11) is 0. The van der Waals surface area contributed by atoms with E-state index in [4.69, 9.17) is 0 Å². The van der Waals surface area contributed by atoms with Crippen LogP contribution in [-0.4, -0.2) is 201 Å². The van der Waals surface area contributed by atoms with E-state index in [1.165, 1.54) is 0 Å². The molecule has 0 unspecified atom stereocenters. The van der Waals surface area contributed by atoms with Crippen LogP contribution in [0.25, 0.3) is 0 Å². The first-order valence-corrected chi connectivity index (χ1v) is 14.5. The van der Waals surface area contributed by atoms with Gasteiger partial charge in [-0.3, -0.25) is 28.8 Å². The summed E-state index contributed by atoms with van der Waals surface area (Å²) in [5.74, 6) is -11.6. The molecule has 26 heteroatoms. The van der Waals surface area contributed by atoms with Crippen molar-refractivity contribution in [3.05, 3.63) is 0 Å². The zero-order valence-corrected chi connectivity index (χ0v) is 23.7. The third kappa shape index (κ3) is 8.77. The highest BCUT2D eigenvalue weighted by Gasteiger charge is 2.57. The van der Waals surface area contributed by atoms with E-state index in [1.807, 2.05) is 0 Å². The first kappa shape index (κ1) is 37.6. The SMILES string of the molecule is O=C1[O][Al]([O]C(=O)[C@@H](O)[C@@H](O)[C@H](O)[C@@H](O)C(=O)[O][Al]2[O]C(=O)[C@H](O)[C@H](O)[C@H](O)[C@@H](O)C(=O)[O]2)[O]C(=O)[C@H](O)[C@@H](O)[C@@H](O)[C@@H]1O. The lowest BCUT2D eigenvalue weighted by Gasteiger charge is -2.26. The Morgan fingerprint density at radius 3 is 0.909 bits per heavy atom. The number of aliphatic hydroxyl groups is 12. The smallest absolute Gasteiger partial charge is 0.549 e. The average Bonchev–Trinajstić information content (AvgIpc) is 3.02. The molecule has 0 bridgehead atoms. The lowest BCUT2D eigenvalue weighted by Crippen LogP contribution is -2.53. The monoisotopic (exact) mass is 678 g/mol. The van der Waals surface area contributed by atoms with Gasteiger partial charge in [0.25, 0.3) is 0 Å². The third-order valence-electron chi connectivity index (χ3n) is 5.71. The molecular weight excluding hydrogens is 654 g/mol. The van der Waals surface area contributed by atoms with Gasteiger partial charge in [0.15, 0.2) is 36.6 Å². The van der Waals surface area contributed by atoms with Crippen LogP contribution in [0.2, 0.25) is 0 Å². The van der Waals surface area contributed by atoms with Gasteiger partial charge in [-0.05, 0) is 0 Å². The van der Waals surface area contributed by atoms with Gasteiger partial charge >= 0.3 is 66.1 Å². The second-order valence-electron chi connectivity index (χ2n) is 8.81. The molecule has 0 aromatic carbocycles. The van der Waals surface area contributed by atoms with Crippen LogP contribution in [0.3, 0.4) is 0 Å². The second kappa shape index (κ2) is 15.6. The molecule has 0 aromatic heterocycles. The highest BCUT2D eigenvalue weighted by molar-refractivity contribution is 6.45. The molecule has 12 atom stereocenters. The molecule has 2 aliphatic heterocycles. The van der Waals surface area contributed by atoms with Crippen molar-refractivity contribution in [2.45, 2.75) is 73.2 Å². The lowest BCUT2D eigenvalue weighted by molar-refractivity contribution is -0.176. The fourth-order valence-corrected chi connectivity index (χ4v) is 5.35. The van der Waals surface area contributed by atoms with Gasteiger partial charge in [-0.25, -0.2) is 0 Å². The average molecular weight is 678 g/mol. The predicted molar refractivity (Wildman–Crippen MR) is 120 cm³/mol. The molecule has 2 aliphatic rings. The Morgan fingerprint density at radius 1 is 0.500 bits per heavy atom. The summed E-state index contributed by atoms with van der Waals surface area (Å²) in [5.41, 5.74) is 0. The predicted octanol–water partition coefficient (Wildman–Crippen LogP) is -11.4. The van der Waals surface area contributed by atoms with E-state index in [0.717, 1.165) is 0 Å². The van der Waals surface area contributed by atoms with Crippen LogP contribution in [0.15, 0.2) is 0 Å². The number of aliphatic hydroxyl groups excluding tert-OH is 12. The second-order valence-corrected chi connectivity index (χ2v) is 11.4. The Bertz CT molecular complexity index is 963. The highest BCUT2D eigenvalue weighted by Crippen LogP contribution is 2.16. The van der Waals surface area contributed by atoms with Crippen LogP contribution in [0.5, 0.6) is 0 Å². The Kier molecular flexibility index (Phi) is 13.3. The van der Waals surface area contributed by atoms with Gasteiger partial charge in [0.05, 0.1) is 0 Å². The summed E-state index contributed by atoms with van der Waals surface area (Å²) in [6.45, 7) is 0. The fraction of sp³-hybridized carbons (Fsp3) is 0.667. The summed E-state index contributed by atoms with van der Waals surface area (Å²) in [6.07, 6.45) is -32.2. The van der Waals surface area contributed by atoms with Crippen molar-refractivity contribution in [1.82, 2.24) is 0 Å². The van der Waals surface area contributed by atoms with Crippen LogP contribution < -0.4 is 0 Å². The Balaban J connectivity index is 2.09. The van der Waals surface area contributed by atoms with E-state index in [-0.39, 0.29) is 0 Å². The van der Waals surface area contributed by atoms with Crippen LogP contribution in [0, 0.1) is 0 Å². The van der Waals surface area contributed by atoms with Gasteiger partial charge in [-0.2, -0.15) is 0 Å². The number of hydrogen-bond donors (Lipinski definition) is 12. The van der Waals surface area contributed by atoms with Gasteiger partial charge in [0, 0.05) is 0 Å². The molecule has 2 heterocycles. The molecule has 2 rings (SSSR count). The summed E-state index contributed by atoms with van der Waals surface area (Å²) in [5, 5.41) is 117. The minimum atomic E-state index is -4.54. The van der Waals surface area contributed by atoms with E-state index in [1.54, 1.807) is 0 Å². The summed E-state index contributed by atoms with van der Waals surface area (Å²) in [4.78, 5) is 71.9. The van der Waals surface area contributed by atoms with E-state index in [9.17, 15) is 90.0 Å². The number of carbonyl (C=O) groups excluding carboxylic acids is 6. The van der Waals surface area contributed by atoms with Crippen molar-refractivity contribution in [3.8, 4) is 0 Å². The number of carbonyl (C=O) groups is 6. The molecule has 0 aromatic rings. The Labute approximate surface area is 252 Å². The maximum Gasteiger partial charge on any atom is 1.20 e. The minimum Gasteiger partial charge on any atom is -0.549 e. The van der Waals surface area contributed by atoms with Gasteiger partial charge < -0.3 is 84.0 Å². The van der Waals surface area contributed by atoms with Crippen LogP contribution >= 0.6 is 0 Å². The summed E-state index contributed by atoms with van der Waals surface area (Å²) in [6, 6.07) is 0. The van der Waals surface area contributed by atoms with E-state index in [2.05, 4.69) is 22.7 Å². The maximum absolute atomic E-state index is 12.2. The molecule has 12 N–H and O–H groups in total. The quantitative estimate of drug-likeness (QED) is 0.111. The molecule has 246 valence electrons. The van der Waals surface area contributed by atoms with Gasteiger partial charge in [0.1, 0.15) is 36.6 Å². The standard InChI is InChI=1S/3C6H10O8.2Al/c3*7-1(3(9)5(11)12)2(8)4(10)6(13)14;;/h3*1-4,7-10H,(H,11,12)(H,13,14);;/q;;;2*+3/p-6/t1-,2+,3+,4-;1-,2+,3-,4-;1-,2-,3-,4+;;/m.10../s1. The topological polar surface area (TPSA) is 401 Å². The van der Waals surface area contributed by atoms with Gasteiger partial charge in [-0.1, -0.05) is 0 Å². The zero-order valence-electron chi connectivity index (χ0n) is 21.3. The summed E-state index contributed by atoms with van der Waals surface area (Å²) >= 11 is -9.08. The largest absolute Gasteiger partial charge is 1.20 e. The number of hydrogen-bond acceptors (Lipinski definition) is 24. The van der Waals surface area contributed by atoms with Crippen molar-refractivity contribution in [3.63, 3.8) is 0 Å². The fourth-order valence-electron chi connectivity index (χ4n) is 3.09. The van der Waals surface area contributed by atoms with Crippen LogP contribution in [-0.2, 0) is 51.5 Å². The molecule has 2 saturated heterocycles. The molecule has 0 aliphatic carbocycles. The molecule has 2 fully saturated rings. The molecule has 44 heavy (non-hydrogen) atoms.